The number of methoxy groups -OCH3 is 2. The van der Waals surface area contributed by atoms with E-state index in [2.05, 4.69) is 0 Å². The summed E-state index contributed by atoms with van der Waals surface area (Å²) in [6.45, 7) is 1.17. The van der Waals surface area contributed by atoms with E-state index in [0.29, 0.717) is 5.75 Å². The molecule has 0 aromatic heterocycles. The summed E-state index contributed by atoms with van der Waals surface area (Å²) in [7, 11) is -1.50. The van der Waals surface area contributed by atoms with Gasteiger partial charge in [0.25, 0.3) is 0 Å². The second-order valence-electron chi connectivity index (χ2n) is 4.19. The Morgan fingerprint density at radius 2 is 1.90 bits per heavy atom. The van der Waals surface area contributed by atoms with Crippen molar-refractivity contribution in [3.8, 4) is 11.5 Å². The normalized spacial score (nSPS) is 14.3. The molecule has 1 rings (SSSR count). The lowest BCUT2D eigenvalue weighted by Gasteiger charge is -2.18. The molecule has 0 unspecified atom stereocenters. The maximum atomic E-state index is 12.2. The molecule has 0 bridgehead atoms. The third-order valence-electron chi connectivity index (χ3n) is 2.69. The molecule has 0 fully saturated rings. The number of carboxylic acids is 1. The number of carbonyl (C=O) groups is 1. The smallest absolute Gasteiger partial charge is 0.324 e. The van der Waals surface area contributed by atoms with Gasteiger partial charge in [0.1, 0.15) is 22.4 Å². The quantitative estimate of drug-likeness (QED) is 0.637. The zero-order valence-electron chi connectivity index (χ0n) is 11.7. The van der Waals surface area contributed by atoms with Crippen LogP contribution in [0.1, 0.15) is 6.92 Å². The van der Waals surface area contributed by atoms with Crippen molar-refractivity contribution in [3.05, 3.63) is 18.2 Å². The first-order chi connectivity index (χ1) is 9.72. The Bertz CT molecular complexity index is 612. The molecule has 0 aliphatic heterocycles. The number of hydrogen-bond acceptors (Lipinski definition) is 6. The summed E-state index contributed by atoms with van der Waals surface area (Å²) >= 11 is 0. The molecule has 0 heterocycles. The fourth-order valence-electron chi connectivity index (χ4n) is 1.58. The lowest BCUT2D eigenvalue weighted by molar-refractivity contribution is -0.141. The minimum absolute atomic E-state index is 0.00317. The van der Waals surface area contributed by atoms with Gasteiger partial charge in [-0.15, -0.1) is 0 Å². The number of hydrogen-bond donors (Lipinski definition) is 3. The van der Waals surface area contributed by atoms with Crippen LogP contribution >= 0.6 is 0 Å². The molecule has 0 spiro atoms. The number of aliphatic hydroxyl groups is 1. The first-order valence-electron chi connectivity index (χ1n) is 5.88. The second-order valence-corrected chi connectivity index (χ2v) is 5.88. The van der Waals surface area contributed by atoms with Crippen LogP contribution in [-0.2, 0) is 14.8 Å². The van der Waals surface area contributed by atoms with Gasteiger partial charge in [0.05, 0.1) is 20.3 Å². The van der Waals surface area contributed by atoms with Gasteiger partial charge in [0.15, 0.2) is 0 Å². The van der Waals surface area contributed by atoms with Crippen molar-refractivity contribution in [2.24, 2.45) is 0 Å². The van der Waals surface area contributed by atoms with E-state index in [1.807, 2.05) is 4.72 Å². The topological polar surface area (TPSA) is 122 Å². The molecule has 118 valence electrons. The van der Waals surface area contributed by atoms with E-state index in [9.17, 15) is 18.3 Å². The highest BCUT2D eigenvalue weighted by atomic mass is 32.2. The number of rotatable bonds is 7. The third-order valence-corrected chi connectivity index (χ3v) is 4.17. The molecule has 0 amide bonds. The molecular formula is C12H17NO7S. The molecule has 1 aromatic carbocycles. The largest absolute Gasteiger partial charge is 0.497 e. The van der Waals surface area contributed by atoms with Gasteiger partial charge >= 0.3 is 5.97 Å². The Kier molecular flexibility index (Phi) is 5.53. The van der Waals surface area contributed by atoms with Crippen LogP contribution < -0.4 is 14.2 Å². The minimum Gasteiger partial charge on any atom is -0.497 e. The number of nitrogens with one attached hydrogen (secondary N) is 1. The molecule has 3 N–H and O–H groups in total. The van der Waals surface area contributed by atoms with E-state index in [-0.39, 0.29) is 10.6 Å². The fourth-order valence-corrected chi connectivity index (χ4v) is 3.00. The Hall–Kier alpha value is -1.84. The maximum absolute atomic E-state index is 12.2. The maximum Gasteiger partial charge on any atom is 0.324 e. The molecular weight excluding hydrogens is 302 g/mol. The van der Waals surface area contributed by atoms with Crippen LogP contribution in [0.2, 0.25) is 0 Å². The molecule has 0 saturated carbocycles. The monoisotopic (exact) mass is 319 g/mol. The zero-order valence-corrected chi connectivity index (χ0v) is 12.5. The van der Waals surface area contributed by atoms with Crippen molar-refractivity contribution in [2.45, 2.75) is 24.0 Å². The van der Waals surface area contributed by atoms with Crippen molar-refractivity contribution >= 4 is 16.0 Å². The number of sulfonamides is 1. The van der Waals surface area contributed by atoms with Crippen molar-refractivity contribution < 1.29 is 32.9 Å². The van der Waals surface area contributed by atoms with Crippen LogP contribution in [0.15, 0.2) is 23.1 Å². The van der Waals surface area contributed by atoms with Gasteiger partial charge in [-0.25, -0.2) is 8.42 Å². The van der Waals surface area contributed by atoms with Crippen LogP contribution in [-0.4, -0.2) is 51.0 Å². The summed E-state index contributed by atoms with van der Waals surface area (Å²) in [5, 5.41) is 18.3. The molecule has 21 heavy (non-hydrogen) atoms. The molecule has 0 radical (unpaired) electrons. The highest BCUT2D eigenvalue weighted by Gasteiger charge is 2.31. The fraction of sp³-hybridized carbons (Fsp3) is 0.417. The van der Waals surface area contributed by atoms with Gasteiger partial charge in [-0.05, 0) is 19.1 Å². The Morgan fingerprint density at radius 3 is 2.33 bits per heavy atom. The summed E-state index contributed by atoms with van der Waals surface area (Å²) in [6, 6.07) is 2.31. The lowest BCUT2D eigenvalue weighted by Crippen LogP contribution is -2.47. The number of aliphatic hydroxyl groups excluding tert-OH is 1. The second kappa shape index (κ2) is 6.74. The standard InChI is InChI=1S/C12H17NO7S/c1-7(14)11(12(15)16)13-21(17,18)10-5-4-8(19-2)6-9(10)20-3/h4-7,11,13-14H,1-3H3,(H,15,16)/t7-,11+/m1/s1. The van der Waals surface area contributed by atoms with Crippen LogP contribution in [0.25, 0.3) is 0 Å². The van der Waals surface area contributed by atoms with Gasteiger partial charge in [0, 0.05) is 6.07 Å². The number of ether oxygens (including phenoxy) is 2. The van der Waals surface area contributed by atoms with Gasteiger partial charge in [-0.1, -0.05) is 0 Å². The molecule has 1 aromatic rings. The third kappa shape index (κ3) is 4.06. The van der Waals surface area contributed by atoms with Crippen molar-refractivity contribution in [2.75, 3.05) is 14.2 Å². The number of benzene rings is 1. The van der Waals surface area contributed by atoms with Gasteiger partial charge < -0.3 is 19.7 Å². The summed E-state index contributed by atoms with van der Waals surface area (Å²) in [5.41, 5.74) is 0. The SMILES string of the molecule is COc1ccc(S(=O)(=O)N[C@H](C(=O)O)[C@@H](C)O)c(OC)c1. The van der Waals surface area contributed by atoms with Crippen LogP contribution in [0, 0.1) is 0 Å². The minimum atomic E-state index is -4.19. The molecule has 0 aliphatic rings. The van der Waals surface area contributed by atoms with Crippen molar-refractivity contribution in [3.63, 3.8) is 0 Å². The molecule has 8 nitrogen and oxygen atoms in total. The summed E-state index contributed by atoms with van der Waals surface area (Å²) in [5.74, 6) is -1.10. The van der Waals surface area contributed by atoms with Gasteiger partial charge in [0.2, 0.25) is 10.0 Å². The van der Waals surface area contributed by atoms with Gasteiger partial charge in [-0.2, -0.15) is 4.72 Å². The van der Waals surface area contributed by atoms with E-state index in [1.54, 1.807) is 0 Å². The average molecular weight is 319 g/mol. The van der Waals surface area contributed by atoms with E-state index in [1.165, 1.54) is 39.3 Å². The van der Waals surface area contributed by atoms with Gasteiger partial charge in [-0.3, -0.25) is 4.79 Å². The lowest BCUT2D eigenvalue weighted by atomic mass is 10.2. The highest BCUT2D eigenvalue weighted by molar-refractivity contribution is 7.89. The van der Waals surface area contributed by atoms with E-state index in [4.69, 9.17) is 14.6 Å². The zero-order chi connectivity index (χ0) is 16.2. The molecule has 2 atom stereocenters. The van der Waals surface area contributed by atoms with Crippen molar-refractivity contribution in [1.29, 1.82) is 0 Å². The summed E-state index contributed by atoms with van der Waals surface area (Å²) in [6.07, 6.45) is -1.40. The summed E-state index contributed by atoms with van der Waals surface area (Å²) in [4.78, 5) is 10.7. The van der Waals surface area contributed by atoms with Crippen LogP contribution in [0.5, 0.6) is 11.5 Å². The Labute approximate surface area is 122 Å². The highest BCUT2D eigenvalue weighted by Crippen LogP contribution is 2.28. The number of aliphatic carboxylic acids is 1. The molecule has 9 heteroatoms. The first kappa shape index (κ1) is 17.2. The van der Waals surface area contributed by atoms with Crippen LogP contribution in [0.4, 0.5) is 0 Å². The first-order valence-corrected chi connectivity index (χ1v) is 7.36. The van der Waals surface area contributed by atoms with E-state index < -0.39 is 28.1 Å². The average Bonchev–Trinajstić information content (AvgIpc) is 2.43. The molecule has 0 aliphatic carbocycles. The van der Waals surface area contributed by atoms with Crippen LogP contribution in [0.3, 0.4) is 0 Å². The number of carboxylic acid groups (broad SMARTS) is 1. The Morgan fingerprint density at radius 1 is 1.29 bits per heavy atom. The molecule has 0 saturated heterocycles. The predicted molar refractivity (Wildman–Crippen MR) is 73.0 cm³/mol. The van der Waals surface area contributed by atoms with E-state index >= 15 is 0 Å². The van der Waals surface area contributed by atoms with Crippen molar-refractivity contribution in [1.82, 2.24) is 4.72 Å². The van der Waals surface area contributed by atoms with E-state index in [0.717, 1.165) is 0 Å². The summed E-state index contributed by atoms with van der Waals surface area (Å²) < 4.78 is 36.3. The predicted octanol–water partition coefficient (Wildman–Crippen LogP) is -0.184. The Balaban J connectivity index is 3.21.